The second-order valence-electron chi connectivity index (χ2n) is 5.57. The van der Waals surface area contributed by atoms with E-state index in [1.165, 1.54) is 7.11 Å². The zero-order chi connectivity index (χ0) is 14.4. The molecule has 19 heavy (non-hydrogen) atoms. The van der Waals surface area contributed by atoms with Crippen LogP contribution in [0.2, 0.25) is 0 Å². The Morgan fingerprint density at radius 1 is 1.16 bits per heavy atom. The first-order chi connectivity index (χ1) is 8.69. The minimum Gasteiger partial charge on any atom is -0.495 e. The third kappa shape index (κ3) is 2.41. The molecule has 0 amide bonds. The second kappa shape index (κ2) is 4.75. The van der Waals surface area contributed by atoms with E-state index in [2.05, 4.69) is 15.9 Å². The predicted molar refractivity (Wildman–Crippen MR) is 76.4 cm³/mol. The van der Waals surface area contributed by atoms with Crippen LogP contribution in [0.25, 0.3) is 0 Å². The summed E-state index contributed by atoms with van der Waals surface area (Å²) in [6.07, 6.45) is 0. The molecule has 0 N–H and O–H groups in total. The van der Waals surface area contributed by atoms with E-state index in [9.17, 15) is 4.39 Å². The van der Waals surface area contributed by atoms with Crippen molar-refractivity contribution in [2.75, 3.05) is 7.11 Å². The van der Waals surface area contributed by atoms with Crippen LogP contribution in [-0.2, 0) is 9.31 Å². The zero-order valence-electron chi connectivity index (χ0n) is 11.7. The molecule has 1 heterocycles. The Hall–Kier alpha value is -0.585. The lowest BCUT2D eigenvalue weighted by atomic mass is 9.78. The van der Waals surface area contributed by atoms with Gasteiger partial charge in [0, 0.05) is 5.46 Å². The highest BCUT2D eigenvalue weighted by Gasteiger charge is 2.52. The summed E-state index contributed by atoms with van der Waals surface area (Å²) in [5.74, 6) is 0.0237. The number of rotatable bonds is 2. The van der Waals surface area contributed by atoms with Gasteiger partial charge in [-0.1, -0.05) is 6.07 Å². The van der Waals surface area contributed by atoms with E-state index in [1.807, 2.05) is 27.7 Å². The molecular formula is C13H17BBrFO3. The van der Waals surface area contributed by atoms with Crippen LogP contribution in [0, 0.1) is 5.82 Å². The summed E-state index contributed by atoms with van der Waals surface area (Å²) in [6, 6.07) is 3.31. The van der Waals surface area contributed by atoms with Crippen LogP contribution in [-0.4, -0.2) is 25.4 Å². The maximum Gasteiger partial charge on any atom is 0.497 e. The number of halogens is 2. The molecule has 1 aliphatic heterocycles. The van der Waals surface area contributed by atoms with Crippen molar-refractivity contribution in [1.82, 2.24) is 0 Å². The quantitative estimate of drug-likeness (QED) is 0.780. The van der Waals surface area contributed by atoms with Crippen LogP contribution in [0.3, 0.4) is 0 Å². The highest BCUT2D eigenvalue weighted by molar-refractivity contribution is 9.10. The topological polar surface area (TPSA) is 27.7 Å². The first kappa shape index (κ1) is 14.8. The van der Waals surface area contributed by atoms with Crippen molar-refractivity contribution >= 4 is 28.5 Å². The van der Waals surface area contributed by atoms with Gasteiger partial charge in [0.05, 0.1) is 22.8 Å². The van der Waals surface area contributed by atoms with Crippen LogP contribution in [0.5, 0.6) is 5.75 Å². The maximum atomic E-state index is 14.3. The van der Waals surface area contributed by atoms with E-state index in [0.29, 0.717) is 11.2 Å². The van der Waals surface area contributed by atoms with Crippen LogP contribution < -0.4 is 10.2 Å². The van der Waals surface area contributed by atoms with Crippen molar-refractivity contribution in [3.05, 3.63) is 22.4 Å². The molecule has 0 unspecified atom stereocenters. The van der Waals surface area contributed by atoms with Crippen LogP contribution in [0.15, 0.2) is 16.6 Å². The van der Waals surface area contributed by atoms with Crippen molar-refractivity contribution in [1.29, 1.82) is 0 Å². The van der Waals surface area contributed by atoms with Gasteiger partial charge in [0.15, 0.2) is 0 Å². The summed E-state index contributed by atoms with van der Waals surface area (Å²) in [5.41, 5.74) is -0.612. The molecule has 6 heteroatoms. The Morgan fingerprint density at radius 3 is 2.16 bits per heavy atom. The normalized spacial score (nSPS) is 20.7. The number of benzene rings is 1. The SMILES string of the molecule is COc1ccc(B2OC(C)(C)C(C)(C)O2)c(F)c1Br. The summed E-state index contributed by atoms with van der Waals surface area (Å²) < 4.78 is 31.3. The maximum absolute atomic E-state index is 14.3. The van der Waals surface area contributed by atoms with E-state index < -0.39 is 24.1 Å². The zero-order valence-corrected chi connectivity index (χ0v) is 13.3. The number of hydrogen-bond acceptors (Lipinski definition) is 3. The van der Waals surface area contributed by atoms with Gasteiger partial charge in [-0.2, -0.15) is 0 Å². The number of methoxy groups -OCH3 is 1. The third-order valence-corrected chi connectivity index (χ3v) is 4.54. The third-order valence-electron chi connectivity index (χ3n) is 3.80. The highest BCUT2D eigenvalue weighted by atomic mass is 79.9. The molecule has 3 nitrogen and oxygen atoms in total. The molecule has 0 atom stereocenters. The molecular weight excluding hydrogens is 314 g/mol. The van der Waals surface area contributed by atoms with Crippen molar-refractivity contribution < 1.29 is 18.4 Å². The van der Waals surface area contributed by atoms with Gasteiger partial charge in [-0.25, -0.2) is 4.39 Å². The van der Waals surface area contributed by atoms with Crippen molar-refractivity contribution in [2.24, 2.45) is 0 Å². The Bertz CT molecular complexity index is 489. The molecule has 1 aromatic rings. The smallest absolute Gasteiger partial charge is 0.495 e. The molecule has 0 spiro atoms. The van der Waals surface area contributed by atoms with Crippen molar-refractivity contribution in [3.8, 4) is 5.75 Å². The fourth-order valence-electron chi connectivity index (χ4n) is 1.86. The predicted octanol–water partition coefficient (Wildman–Crippen LogP) is 2.90. The van der Waals surface area contributed by atoms with Gasteiger partial charge in [-0.3, -0.25) is 0 Å². The fraction of sp³-hybridized carbons (Fsp3) is 0.538. The molecule has 0 bridgehead atoms. The van der Waals surface area contributed by atoms with Crippen LogP contribution in [0.4, 0.5) is 4.39 Å². The summed E-state index contributed by atoms with van der Waals surface area (Å²) in [7, 11) is 0.778. The van der Waals surface area contributed by atoms with Crippen molar-refractivity contribution in [2.45, 2.75) is 38.9 Å². The summed E-state index contributed by atoms with van der Waals surface area (Å²) in [6.45, 7) is 7.74. The van der Waals surface area contributed by atoms with E-state index in [-0.39, 0.29) is 4.47 Å². The Morgan fingerprint density at radius 2 is 1.68 bits per heavy atom. The average molecular weight is 331 g/mol. The largest absolute Gasteiger partial charge is 0.497 e. The van der Waals surface area contributed by atoms with Gasteiger partial charge in [0.1, 0.15) is 11.6 Å². The molecule has 0 saturated carbocycles. The lowest BCUT2D eigenvalue weighted by Crippen LogP contribution is -2.41. The molecule has 1 saturated heterocycles. The standard InChI is InChI=1S/C13H17BBrFO3/c1-12(2)13(3,4)19-14(18-12)8-6-7-9(17-5)10(15)11(8)16/h6-7H,1-5H3. The molecule has 1 aromatic carbocycles. The molecule has 2 rings (SSSR count). The van der Waals surface area contributed by atoms with Crippen LogP contribution in [0.1, 0.15) is 27.7 Å². The first-order valence-corrected chi connectivity index (χ1v) is 6.86. The number of ether oxygens (including phenoxy) is 1. The Balaban J connectivity index is 2.38. The number of hydrogen-bond donors (Lipinski definition) is 0. The minimum absolute atomic E-state index is 0.280. The van der Waals surface area contributed by atoms with Gasteiger partial charge < -0.3 is 14.0 Å². The van der Waals surface area contributed by atoms with Gasteiger partial charge in [0.25, 0.3) is 0 Å². The summed E-state index contributed by atoms with van der Waals surface area (Å²) in [4.78, 5) is 0. The lowest BCUT2D eigenvalue weighted by Gasteiger charge is -2.32. The molecule has 1 aliphatic rings. The fourth-order valence-corrected chi connectivity index (χ4v) is 2.38. The van der Waals surface area contributed by atoms with E-state index >= 15 is 0 Å². The molecule has 104 valence electrons. The summed E-state index contributed by atoms with van der Waals surface area (Å²) >= 11 is 3.18. The monoisotopic (exact) mass is 330 g/mol. The minimum atomic E-state index is -0.716. The van der Waals surface area contributed by atoms with E-state index in [4.69, 9.17) is 14.0 Å². The van der Waals surface area contributed by atoms with Crippen LogP contribution >= 0.6 is 15.9 Å². The van der Waals surface area contributed by atoms with Gasteiger partial charge in [-0.05, 0) is 49.7 Å². The first-order valence-electron chi connectivity index (χ1n) is 6.07. The second-order valence-corrected chi connectivity index (χ2v) is 6.37. The lowest BCUT2D eigenvalue weighted by molar-refractivity contribution is 0.00578. The van der Waals surface area contributed by atoms with Gasteiger partial charge in [-0.15, -0.1) is 0 Å². The summed E-state index contributed by atoms with van der Waals surface area (Å²) in [5, 5.41) is 0. The van der Waals surface area contributed by atoms with E-state index in [0.717, 1.165) is 0 Å². The molecule has 0 aromatic heterocycles. The molecule has 0 radical (unpaired) electrons. The highest BCUT2D eigenvalue weighted by Crippen LogP contribution is 2.37. The van der Waals surface area contributed by atoms with Gasteiger partial charge in [0.2, 0.25) is 0 Å². The Kier molecular flexibility index (Phi) is 3.71. The van der Waals surface area contributed by atoms with E-state index in [1.54, 1.807) is 12.1 Å². The Labute approximate surface area is 121 Å². The van der Waals surface area contributed by atoms with Crippen molar-refractivity contribution in [3.63, 3.8) is 0 Å². The molecule has 0 aliphatic carbocycles. The molecule has 1 fully saturated rings. The van der Waals surface area contributed by atoms with Gasteiger partial charge >= 0.3 is 7.12 Å². The average Bonchev–Trinajstić information content (AvgIpc) is 2.51.